The smallest absolute Gasteiger partial charge is 0.262 e. The van der Waals surface area contributed by atoms with Gasteiger partial charge in [-0.25, -0.2) is 9.40 Å². The number of amides is 2. The predicted molar refractivity (Wildman–Crippen MR) is 132 cm³/mol. The van der Waals surface area contributed by atoms with Crippen LogP contribution in [0.2, 0.25) is 5.02 Å². The Kier molecular flexibility index (Phi) is 7.63. The van der Waals surface area contributed by atoms with Gasteiger partial charge in [-0.3, -0.25) is 9.59 Å². The van der Waals surface area contributed by atoms with Crippen molar-refractivity contribution < 1.29 is 18.7 Å². The van der Waals surface area contributed by atoms with E-state index >= 15 is 0 Å². The third-order valence-corrected chi connectivity index (χ3v) is 6.16. The molecule has 1 atom stereocenters. The van der Waals surface area contributed by atoms with Gasteiger partial charge in [0.15, 0.2) is 0 Å². The van der Waals surface area contributed by atoms with Gasteiger partial charge >= 0.3 is 0 Å². The molecule has 2 aromatic carbocycles. The van der Waals surface area contributed by atoms with E-state index in [2.05, 4.69) is 5.10 Å². The molecular formula is C26H26ClFN4O3. The van der Waals surface area contributed by atoms with Crippen molar-refractivity contribution in [3.63, 3.8) is 0 Å². The van der Waals surface area contributed by atoms with Crippen molar-refractivity contribution in [1.82, 2.24) is 14.5 Å². The lowest BCUT2D eigenvalue weighted by atomic mass is 10.0. The number of aryl methyl sites for hydroxylation is 1. The van der Waals surface area contributed by atoms with Crippen LogP contribution in [0.5, 0.6) is 0 Å². The SMILES string of the molecule is COCCN(CC(=O)N1N=C(c2cccn2C)C[C@H]1c1ccc(Cl)cc1)C(=O)c1cccc(F)c1. The fourth-order valence-electron chi connectivity index (χ4n) is 4.09. The van der Waals surface area contributed by atoms with Gasteiger partial charge in [0, 0.05) is 43.9 Å². The van der Waals surface area contributed by atoms with Crippen molar-refractivity contribution in [1.29, 1.82) is 0 Å². The molecule has 182 valence electrons. The summed E-state index contributed by atoms with van der Waals surface area (Å²) in [5, 5.41) is 6.70. The molecule has 0 unspecified atom stereocenters. The summed E-state index contributed by atoms with van der Waals surface area (Å²) < 4.78 is 20.8. The third-order valence-electron chi connectivity index (χ3n) is 5.91. The highest BCUT2D eigenvalue weighted by Crippen LogP contribution is 2.33. The van der Waals surface area contributed by atoms with Crippen molar-refractivity contribution in [3.8, 4) is 0 Å². The van der Waals surface area contributed by atoms with E-state index in [1.54, 1.807) is 12.1 Å². The van der Waals surface area contributed by atoms with Crippen LogP contribution in [0.25, 0.3) is 0 Å². The molecule has 1 aliphatic heterocycles. The molecule has 1 aromatic heterocycles. The predicted octanol–water partition coefficient (Wildman–Crippen LogP) is 4.28. The Hall–Kier alpha value is -3.49. The van der Waals surface area contributed by atoms with Gasteiger partial charge in [0.2, 0.25) is 0 Å². The molecular weight excluding hydrogens is 471 g/mol. The second-order valence-electron chi connectivity index (χ2n) is 8.29. The summed E-state index contributed by atoms with van der Waals surface area (Å²) in [4.78, 5) is 28.0. The Bertz CT molecular complexity index is 1240. The van der Waals surface area contributed by atoms with Crippen molar-refractivity contribution in [2.45, 2.75) is 12.5 Å². The summed E-state index contributed by atoms with van der Waals surface area (Å²) in [5.74, 6) is -1.33. The number of aromatic nitrogens is 1. The Morgan fingerprint density at radius 1 is 1.17 bits per heavy atom. The fraction of sp³-hybridized carbons (Fsp3) is 0.269. The van der Waals surface area contributed by atoms with Crippen LogP contribution in [-0.4, -0.2) is 58.8 Å². The van der Waals surface area contributed by atoms with E-state index in [0.29, 0.717) is 11.4 Å². The van der Waals surface area contributed by atoms with E-state index in [1.807, 2.05) is 42.1 Å². The van der Waals surface area contributed by atoms with Gasteiger partial charge < -0.3 is 14.2 Å². The van der Waals surface area contributed by atoms with Gasteiger partial charge in [-0.1, -0.05) is 29.8 Å². The number of carbonyl (C=O) groups is 2. The van der Waals surface area contributed by atoms with E-state index in [9.17, 15) is 14.0 Å². The van der Waals surface area contributed by atoms with E-state index in [0.717, 1.165) is 23.0 Å². The molecule has 35 heavy (non-hydrogen) atoms. The summed E-state index contributed by atoms with van der Waals surface area (Å²) in [5.41, 5.74) is 2.73. The van der Waals surface area contributed by atoms with E-state index in [-0.39, 0.29) is 37.2 Å². The molecule has 0 saturated carbocycles. The maximum atomic E-state index is 13.7. The molecule has 9 heteroatoms. The molecule has 0 bridgehead atoms. The van der Waals surface area contributed by atoms with Gasteiger partial charge in [-0.05, 0) is 48.0 Å². The lowest BCUT2D eigenvalue weighted by Gasteiger charge is -2.27. The second kappa shape index (κ2) is 10.8. The molecule has 0 N–H and O–H groups in total. The van der Waals surface area contributed by atoms with Gasteiger partial charge in [-0.15, -0.1) is 0 Å². The summed E-state index contributed by atoms with van der Waals surface area (Å²) in [6.07, 6.45) is 2.44. The maximum absolute atomic E-state index is 13.7. The van der Waals surface area contributed by atoms with Crippen LogP contribution in [0, 0.1) is 5.82 Å². The fourth-order valence-corrected chi connectivity index (χ4v) is 4.22. The minimum absolute atomic E-state index is 0.164. The highest BCUT2D eigenvalue weighted by atomic mass is 35.5. The van der Waals surface area contributed by atoms with Crippen molar-refractivity contribution >= 4 is 29.1 Å². The number of ether oxygens (including phenoxy) is 1. The zero-order valence-electron chi connectivity index (χ0n) is 19.5. The molecule has 4 rings (SSSR count). The van der Waals surface area contributed by atoms with Gasteiger partial charge in [0.25, 0.3) is 11.8 Å². The Labute approximate surface area is 208 Å². The number of methoxy groups -OCH3 is 1. The number of carbonyl (C=O) groups excluding carboxylic acids is 2. The average molecular weight is 497 g/mol. The summed E-state index contributed by atoms with van der Waals surface area (Å²) in [7, 11) is 3.43. The summed E-state index contributed by atoms with van der Waals surface area (Å²) in [6, 6.07) is 16.2. The van der Waals surface area contributed by atoms with Crippen LogP contribution in [0.1, 0.15) is 34.1 Å². The minimum Gasteiger partial charge on any atom is -0.383 e. The standard InChI is InChI=1S/C26H26ClFN4O3/c1-30-12-4-7-23(30)22-16-24(18-8-10-20(27)11-9-18)32(29-22)25(33)17-31(13-14-35-2)26(34)19-5-3-6-21(28)15-19/h3-12,15,24H,13-14,16-17H2,1-2H3/t24-/m0/s1. The first-order valence-corrected chi connectivity index (χ1v) is 11.6. The number of hydrogen-bond donors (Lipinski definition) is 0. The van der Waals surface area contributed by atoms with Crippen LogP contribution in [-0.2, 0) is 16.6 Å². The molecule has 0 fully saturated rings. The lowest BCUT2D eigenvalue weighted by Crippen LogP contribution is -2.42. The lowest BCUT2D eigenvalue weighted by molar-refractivity contribution is -0.133. The maximum Gasteiger partial charge on any atom is 0.262 e. The zero-order valence-corrected chi connectivity index (χ0v) is 20.3. The summed E-state index contributed by atoms with van der Waals surface area (Å²) in [6.45, 7) is 0.172. The van der Waals surface area contributed by atoms with Gasteiger partial charge in [0.1, 0.15) is 12.4 Å². The molecule has 0 spiro atoms. The molecule has 3 aromatic rings. The summed E-state index contributed by atoms with van der Waals surface area (Å²) >= 11 is 6.07. The largest absolute Gasteiger partial charge is 0.383 e. The van der Waals surface area contributed by atoms with Gasteiger partial charge in [0.05, 0.1) is 24.1 Å². The molecule has 0 saturated heterocycles. The number of rotatable bonds is 8. The first-order valence-electron chi connectivity index (χ1n) is 11.2. The number of halogens is 2. The molecule has 2 heterocycles. The minimum atomic E-state index is -0.520. The van der Waals surface area contributed by atoms with E-state index < -0.39 is 11.7 Å². The third kappa shape index (κ3) is 5.61. The number of hydrogen-bond acceptors (Lipinski definition) is 4. The topological polar surface area (TPSA) is 67.1 Å². The normalized spacial score (nSPS) is 15.3. The zero-order chi connectivity index (χ0) is 24.9. The second-order valence-corrected chi connectivity index (χ2v) is 8.73. The Morgan fingerprint density at radius 2 is 1.94 bits per heavy atom. The van der Waals surface area contributed by atoms with Gasteiger partial charge in [-0.2, -0.15) is 5.10 Å². The molecule has 7 nitrogen and oxygen atoms in total. The van der Waals surface area contributed by atoms with Crippen LogP contribution >= 0.6 is 11.6 Å². The van der Waals surface area contributed by atoms with Crippen LogP contribution in [0.3, 0.4) is 0 Å². The molecule has 2 amide bonds. The number of hydrazone groups is 1. The quantitative estimate of drug-likeness (QED) is 0.467. The number of nitrogens with zero attached hydrogens (tertiary/aromatic N) is 4. The van der Waals surface area contributed by atoms with Crippen LogP contribution < -0.4 is 0 Å². The van der Waals surface area contributed by atoms with Crippen LogP contribution in [0.4, 0.5) is 4.39 Å². The molecule has 0 aliphatic carbocycles. The molecule has 1 aliphatic rings. The van der Waals surface area contributed by atoms with Crippen molar-refractivity contribution in [2.75, 3.05) is 26.8 Å². The van der Waals surface area contributed by atoms with Crippen LogP contribution in [0.15, 0.2) is 72.0 Å². The first-order chi connectivity index (χ1) is 16.9. The number of benzene rings is 2. The van der Waals surface area contributed by atoms with E-state index in [4.69, 9.17) is 16.3 Å². The van der Waals surface area contributed by atoms with Crippen molar-refractivity contribution in [3.05, 3.63) is 94.5 Å². The van der Waals surface area contributed by atoms with E-state index in [1.165, 1.54) is 35.2 Å². The highest BCUT2D eigenvalue weighted by molar-refractivity contribution is 6.30. The van der Waals surface area contributed by atoms with Crippen molar-refractivity contribution in [2.24, 2.45) is 12.1 Å². The monoisotopic (exact) mass is 496 g/mol. The Balaban J connectivity index is 1.62. The average Bonchev–Trinajstić information content (AvgIpc) is 3.48. The molecule has 0 radical (unpaired) electrons. The Morgan fingerprint density at radius 3 is 2.60 bits per heavy atom. The first kappa shape index (κ1) is 24.6. The highest BCUT2D eigenvalue weighted by Gasteiger charge is 2.35.